The summed E-state index contributed by atoms with van der Waals surface area (Å²) in [5.74, 6) is -0.438. The number of pyridine rings is 1. The molecule has 0 saturated carbocycles. The number of aliphatic carboxylic acids is 1. The minimum absolute atomic E-state index is 0.297. The molecule has 0 fully saturated rings. The van der Waals surface area contributed by atoms with Crippen molar-refractivity contribution in [2.45, 2.75) is 19.4 Å². The van der Waals surface area contributed by atoms with Gasteiger partial charge in [0.2, 0.25) is 0 Å². The number of aromatic nitrogens is 1. The van der Waals surface area contributed by atoms with Gasteiger partial charge in [-0.05, 0) is 30.2 Å². The summed E-state index contributed by atoms with van der Waals surface area (Å²) < 4.78 is 12.1. The van der Waals surface area contributed by atoms with E-state index in [-0.39, 0.29) is 11.4 Å². The number of carbonyl (C=O) groups is 2. The molecular weight excluding hydrogens is 454 g/mol. The van der Waals surface area contributed by atoms with Gasteiger partial charge in [0.15, 0.2) is 17.2 Å². The van der Waals surface area contributed by atoms with E-state index in [2.05, 4.69) is 10.6 Å². The third kappa shape index (κ3) is 5.55. The van der Waals surface area contributed by atoms with E-state index < -0.39 is 30.0 Å². The average Bonchev–Trinajstić information content (AvgIpc) is 2.84. The highest BCUT2D eigenvalue weighted by Gasteiger charge is 2.22. The highest BCUT2D eigenvalue weighted by molar-refractivity contribution is 5.91. The summed E-state index contributed by atoms with van der Waals surface area (Å²) in [6.45, 7) is 1.59. The molecule has 2 aromatic carbocycles. The summed E-state index contributed by atoms with van der Waals surface area (Å²) in [7, 11) is 4.54. The standard InChI is InChI=1S/C25H27N3O7/c1-14-13-28(2)24(32)21(22(14)31)27-25(33)26-18(12-20(29)30)16-8-5-7-15(11-16)17-9-6-10-19(34-3)23(17)35-4/h5-11,13,18,31H,12H2,1-4H3,(H,29,30)(H2,26,27,33). The molecule has 3 aromatic rings. The van der Waals surface area contributed by atoms with Gasteiger partial charge >= 0.3 is 12.0 Å². The number of nitrogens with one attached hydrogen (secondary N) is 2. The first kappa shape index (κ1) is 25.2. The van der Waals surface area contributed by atoms with Crippen molar-refractivity contribution >= 4 is 17.7 Å². The predicted molar refractivity (Wildman–Crippen MR) is 130 cm³/mol. The molecule has 10 heteroatoms. The first-order chi connectivity index (χ1) is 16.7. The number of hydrogen-bond acceptors (Lipinski definition) is 6. The van der Waals surface area contributed by atoms with Gasteiger partial charge in [-0.2, -0.15) is 0 Å². The Bertz CT molecular complexity index is 1320. The number of anilines is 1. The number of amides is 2. The Kier molecular flexibility index (Phi) is 7.65. The zero-order valence-electron chi connectivity index (χ0n) is 19.8. The number of ether oxygens (including phenoxy) is 2. The number of benzene rings is 2. The molecule has 0 spiro atoms. The lowest BCUT2D eigenvalue weighted by atomic mass is 9.97. The lowest BCUT2D eigenvalue weighted by Crippen LogP contribution is -2.36. The molecule has 184 valence electrons. The van der Waals surface area contributed by atoms with Crippen molar-refractivity contribution in [1.29, 1.82) is 0 Å². The molecule has 0 aliphatic heterocycles. The second-order valence-electron chi connectivity index (χ2n) is 7.87. The summed E-state index contributed by atoms with van der Waals surface area (Å²) in [6.07, 6.45) is 1.02. The van der Waals surface area contributed by atoms with Crippen LogP contribution in [0.1, 0.15) is 23.6 Å². The zero-order valence-corrected chi connectivity index (χ0v) is 19.8. The van der Waals surface area contributed by atoms with Crippen LogP contribution in [0.25, 0.3) is 11.1 Å². The van der Waals surface area contributed by atoms with Gasteiger partial charge in [-0.3, -0.25) is 9.59 Å². The molecule has 1 heterocycles. The van der Waals surface area contributed by atoms with Crippen LogP contribution in [-0.2, 0) is 11.8 Å². The van der Waals surface area contributed by atoms with Gasteiger partial charge in [0.25, 0.3) is 5.56 Å². The van der Waals surface area contributed by atoms with Crippen molar-refractivity contribution < 1.29 is 29.3 Å². The van der Waals surface area contributed by atoms with Gasteiger partial charge in [-0.25, -0.2) is 4.79 Å². The normalized spacial score (nSPS) is 11.4. The number of urea groups is 1. The summed E-state index contributed by atoms with van der Waals surface area (Å²) in [5.41, 5.74) is 1.45. The molecule has 1 unspecified atom stereocenters. The minimum Gasteiger partial charge on any atom is -0.505 e. The quantitative estimate of drug-likeness (QED) is 0.387. The smallest absolute Gasteiger partial charge is 0.319 e. The van der Waals surface area contributed by atoms with Crippen LogP contribution in [0.3, 0.4) is 0 Å². The van der Waals surface area contributed by atoms with Crippen LogP contribution in [0, 0.1) is 6.92 Å². The van der Waals surface area contributed by atoms with Crippen LogP contribution in [0.15, 0.2) is 53.5 Å². The van der Waals surface area contributed by atoms with Crippen LogP contribution >= 0.6 is 0 Å². The molecule has 0 aliphatic carbocycles. The van der Waals surface area contributed by atoms with E-state index in [1.54, 1.807) is 37.3 Å². The average molecular weight is 482 g/mol. The second-order valence-corrected chi connectivity index (χ2v) is 7.87. The Morgan fingerprint density at radius 3 is 2.49 bits per heavy atom. The molecule has 4 N–H and O–H groups in total. The van der Waals surface area contributed by atoms with Gasteiger partial charge in [-0.15, -0.1) is 0 Å². The fourth-order valence-corrected chi connectivity index (χ4v) is 3.77. The highest BCUT2D eigenvalue weighted by Crippen LogP contribution is 2.38. The predicted octanol–water partition coefficient (Wildman–Crippen LogP) is 3.42. The zero-order chi connectivity index (χ0) is 25.7. The summed E-state index contributed by atoms with van der Waals surface area (Å²) in [6, 6.07) is 10.6. The topological polar surface area (TPSA) is 139 Å². The molecule has 0 radical (unpaired) electrons. The first-order valence-corrected chi connectivity index (χ1v) is 10.7. The summed E-state index contributed by atoms with van der Waals surface area (Å²) in [5, 5.41) is 24.6. The van der Waals surface area contributed by atoms with E-state index in [9.17, 15) is 24.6 Å². The third-order valence-corrected chi connectivity index (χ3v) is 5.46. The monoisotopic (exact) mass is 481 g/mol. The van der Waals surface area contributed by atoms with Gasteiger partial charge in [0.05, 0.1) is 26.7 Å². The fraction of sp³-hybridized carbons (Fsp3) is 0.240. The number of aromatic hydroxyl groups is 1. The number of rotatable bonds is 8. The van der Waals surface area contributed by atoms with E-state index in [1.807, 2.05) is 12.1 Å². The molecule has 2 amide bonds. The molecule has 0 aliphatic rings. The SMILES string of the molecule is COc1cccc(-c2cccc(C(CC(=O)O)NC(=O)Nc3c(O)c(C)cn(C)c3=O)c2)c1OC. The number of hydrogen-bond donors (Lipinski definition) is 4. The van der Waals surface area contributed by atoms with Crippen molar-refractivity contribution in [1.82, 2.24) is 9.88 Å². The molecule has 0 saturated heterocycles. The van der Waals surface area contributed by atoms with E-state index in [4.69, 9.17) is 9.47 Å². The van der Waals surface area contributed by atoms with Crippen LogP contribution < -0.4 is 25.7 Å². The largest absolute Gasteiger partial charge is 0.505 e. The van der Waals surface area contributed by atoms with E-state index >= 15 is 0 Å². The molecule has 35 heavy (non-hydrogen) atoms. The highest BCUT2D eigenvalue weighted by atomic mass is 16.5. The van der Waals surface area contributed by atoms with Crippen molar-refractivity contribution in [3.8, 4) is 28.4 Å². The summed E-state index contributed by atoms with van der Waals surface area (Å²) >= 11 is 0. The second kappa shape index (κ2) is 10.6. The van der Waals surface area contributed by atoms with Crippen LogP contribution in [0.4, 0.5) is 10.5 Å². The maximum Gasteiger partial charge on any atom is 0.319 e. The molecule has 0 bridgehead atoms. The van der Waals surface area contributed by atoms with E-state index in [0.29, 0.717) is 22.6 Å². The number of methoxy groups -OCH3 is 2. The van der Waals surface area contributed by atoms with Crippen LogP contribution in [0.2, 0.25) is 0 Å². The van der Waals surface area contributed by atoms with Gasteiger partial charge < -0.3 is 34.9 Å². The summed E-state index contributed by atoms with van der Waals surface area (Å²) in [4.78, 5) is 36.7. The lowest BCUT2D eigenvalue weighted by molar-refractivity contribution is -0.137. The maximum atomic E-state index is 12.7. The van der Waals surface area contributed by atoms with Crippen molar-refractivity contribution in [3.05, 3.63) is 70.1 Å². The van der Waals surface area contributed by atoms with Crippen LogP contribution in [0.5, 0.6) is 17.2 Å². The van der Waals surface area contributed by atoms with Gasteiger partial charge in [-0.1, -0.05) is 30.3 Å². The van der Waals surface area contributed by atoms with Gasteiger partial charge in [0.1, 0.15) is 5.75 Å². The Balaban J connectivity index is 1.94. The molecule has 1 atom stereocenters. The minimum atomic E-state index is -1.13. The number of nitrogens with zero attached hydrogens (tertiary/aromatic N) is 1. The first-order valence-electron chi connectivity index (χ1n) is 10.7. The van der Waals surface area contributed by atoms with Crippen molar-refractivity contribution in [3.63, 3.8) is 0 Å². The molecule has 1 aromatic heterocycles. The molecule has 10 nitrogen and oxygen atoms in total. The number of para-hydroxylation sites is 1. The van der Waals surface area contributed by atoms with Gasteiger partial charge in [0, 0.05) is 24.4 Å². The molecular formula is C25H27N3O7. The number of aryl methyl sites for hydroxylation is 2. The number of carboxylic acids is 1. The maximum absolute atomic E-state index is 12.7. The van der Waals surface area contributed by atoms with Crippen molar-refractivity contribution in [2.75, 3.05) is 19.5 Å². The van der Waals surface area contributed by atoms with Crippen molar-refractivity contribution in [2.24, 2.45) is 7.05 Å². The molecule has 3 rings (SSSR count). The third-order valence-electron chi connectivity index (χ3n) is 5.46. The lowest BCUT2D eigenvalue weighted by Gasteiger charge is -2.20. The Hall–Kier alpha value is -4.47. The van der Waals surface area contributed by atoms with E-state index in [0.717, 1.165) is 11.1 Å². The number of carboxylic acid groups (broad SMARTS) is 1. The fourth-order valence-electron chi connectivity index (χ4n) is 3.77. The number of carbonyl (C=O) groups excluding carboxylic acids is 1. The Morgan fingerprint density at radius 2 is 1.83 bits per heavy atom. The Morgan fingerprint density at radius 1 is 1.11 bits per heavy atom. The Labute approximate surface area is 201 Å². The van der Waals surface area contributed by atoms with Crippen LogP contribution in [-0.4, -0.2) is 41.0 Å². The van der Waals surface area contributed by atoms with E-state index in [1.165, 1.54) is 32.0 Å².